The number of methoxy groups -OCH3 is 2. The fraction of sp³-hybridized carbons (Fsp3) is 0.800. The standard InChI is InChI=1S/C10H21N2O5P/c1-7(8(13)16-4)11-18(6,15)12-10(2,3)9(14)17-5/h7H,1-6H3,(H2,11,12,15). The first kappa shape index (κ1) is 17.1. The number of nitrogens with one attached hydrogen (secondary N) is 2. The van der Waals surface area contributed by atoms with E-state index >= 15 is 0 Å². The maximum atomic E-state index is 12.2. The lowest BCUT2D eigenvalue weighted by atomic mass is 10.1. The van der Waals surface area contributed by atoms with Gasteiger partial charge in [-0.1, -0.05) is 0 Å². The molecule has 0 saturated carbocycles. The second-order valence-corrected chi connectivity index (χ2v) is 6.86. The predicted molar refractivity (Wildman–Crippen MR) is 67.4 cm³/mol. The molecule has 0 bridgehead atoms. The molecule has 0 heterocycles. The SMILES string of the molecule is COC(=O)C(C)NP(C)(=O)NC(C)(C)C(=O)OC. The van der Waals surface area contributed by atoms with E-state index in [1.165, 1.54) is 27.8 Å². The predicted octanol–water partition coefficient (Wildman–Crippen LogP) is 0.502. The van der Waals surface area contributed by atoms with Crippen molar-refractivity contribution in [2.24, 2.45) is 0 Å². The summed E-state index contributed by atoms with van der Waals surface area (Å²) in [6.07, 6.45) is 0. The molecule has 0 rings (SSSR count). The van der Waals surface area contributed by atoms with E-state index in [2.05, 4.69) is 19.6 Å². The van der Waals surface area contributed by atoms with Gasteiger partial charge in [-0.05, 0) is 20.8 Å². The van der Waals surface area contributed by atoms with Gasteiger partial charge in [-0.2, -0.15) is 0 Å². The van der Waals surface area contributed by atoms with Crippen molar-refractivity contribution in [2.45, 2.75) is 32.4 Å². The molecule has 0 aromatic carbocycles. The molecule has 7 nitrogen and oxygen atoms in total. The quantitative estimate of drug-likeness (QED) is 0.540. The highest BCUT2D eigenvalue weighted by molar-refractivity contribution is 7.59. The molecule has 2 unspecified atom stereocenters. The highest BCUT2D eigenvalue weighted by Gasteiger charge is 2.35. The third kappa shape index (κ3) is 5.16. The number of carbonyl (C=O) groups excluding carboxylic acids is 2. The molecule has 0 aliphatic heterocycles. The Kier molecular flexibility index (Phi) is 5.99. The lowest BCUT2D eigenvalue weighted by molar-refractivity contribution is -0.146. The van der Waals surface area contributed by atoms with Crippen molar-refractivity contribution >= 4 is 19.4 Å². The maximum absolute atomic E-state index is 12.2. The summed E-state index contributed by atoms with van der Waals surface area (Å²) in [7, 11) is -0.616. The fourth-order valence-corrected chi connectivity index (χ4v) is 3.53. The molecule has 0 amide bonds. The van der Waals surface area contributed by atoms with Gasteiger partial charge in [0, 0.05) is 6.66 Å². The molecule has 0 aromatic rings. The van der Waals surface area contributed by atoms with Crippen LogP contribution in [0.15, 0.2) is 0 Å². The van der Waals surface area contributed by atoms with Crippen molar-refractivity contribution in [1.82, 2.24) is 10.2 Å². The number of esters is 2. The van der Waals surface area contributed by atoms with Crippen LogP contribution in [0.5, 0.6) is 0 Å². The molecule has 0 aromatic heterocycles. The van der Waals surface area contributed by atoms with Gasteiger partial charge in [-0.15, -0.1) is 0 Å². The summed E-state index contributed by atoms with van der Waals surface area (Å²) >= 11 is 0. The molecule has 2 N–H and O–H groups in total. The summed E-state index contributed by atoms with van der Waals surface area (Å²) in [4.78, 5) is 22.7. The average Bonchev–Trinajstić information content (AvgIpc) is 2.24. The molecule has 0 fully saturated rings. The summed E-state index contributed by atoms with van der Waals surface area (Å²) in [6, 6.07) is -0.744. The van der Waals surface area contributed by atoms with Crippen molar-refractivity contribution in [3.05, 3.63) is 0 Å². The first-order valence-electron chi connectivity index (χ1n) is 5.36. The Morgan fingerprint density at radius 2 is 1.72 bits per heavy atom. The summed E-state index contributed by atoms with van der Waals surface area (Å²) in [5.41, 5.74) is -1.12. The Bertz CT molecular complexity index is 369. The smallest absolute Gasteiger partial charge is 0.325 e. The lowest BCUT2D eigenvalue weighted by Crippen LogP contribution is -2.49. The van der Waals surface area contributed by atoms with E-state index in [1.54, 1.807) is 13.8 Å². The molecular weight excluding hydrogens is 259 g/mol. The Labute approximate surface area is 107 Å². The summed E-state index contributed by atoms with van der Waals surface area (Å²) in [5.74, 6) is -1.08. The van der Waals surface area contributed by atoms with E-state index in [-0.39, 0.29) is 0 Å². The molecule has 0 spiro atoms. The van der Waals surface area contributed by atoms with Crippen LogP contribution in [0.3, 0.4) is 0 Å². The summed E-state index contributed by atoms with van der Waals surface area (Å²) < 4.78 is 21.4. The normalized spacial score (nSPS) is 16.6. The minimum atomic E-state index is -3.11. The molecule has 8 heteroatoms. The van der Waals surface area contributed by atoms with Gasteiger partial charge in [0.25, 0.3) is 0 Å². The van der Waals surface area contributed by atoms with E-state index < -0.39 is 31.0 Å². The van der Waals surface area contributed by atoms with Crippen molar-refractivity contribution in [2.75, 3.05) is 20.9 Å². The van der Waals surface area contributed by atoms with Crippen LogP contribution in [0.4, 0.5) is 0 Å². The zero-order valence-corrected chi connectivity index (χ0v) is 12.5. The number of hydrogen-bond donors (Lipinski definition) is 2. The minimum Gasteiger partial charge on any atom is -0.468 e. The van der Waals surface area contributed by atoms with Gasteiger partial charge < -0.3 is 9.47 Å². The first-order valence-corrected chi connectivity index (χ1v) is 7.52. The molecule has 0 aliphatic carbocycles. The highest BCUT2D eigenvalue weighted by Crippen LogP contribution is 2.35. The van der Waals surface area contributed by atoms with Gasteiger partial charge >= 0.3 is 11.9 Å². The van der Waals surface area contributed by atoms with E-state index in [9.17, 15) is 14.2 Å². The summed E-state index contributed by atoms with van der Waals surface area (Å²) in [6.45, 7) is 5.99. The van der Waals surface area contributed by atoms with Crippen LogP contribution in [0.1, 0.15) is 20.8 Å². The summed E-state index contributed by atoms with van der Waals surface area (Å²) in [5, 5.41) is 5.26. The molecular formula is C10H21N2O5P. The number of rotatable bonds is 6. The van der Waals surface area contributed by atoms with Crippen LogP contribution < -0.4 is 10.2 Å². The van der Waals surface area contributed by atoms with Crippen LogP contribution in [-0.4, -0.2) is 44.4 Å². The van der Waals surface area contributed by atoms with E-state index in [1.807, 2.05) is 0 Å². The number of hydrogen-bond acceptors (Lipinski definition) is 5. The topological polar surface area (TPSA) is 93.7 Å². The largest absolute Gasteiger partial charge is 0.468 e. The van der Waals surface area contributed by atoms with E-state index in [4.69, 9.17) is 0 Å². The number of carbonyl (C=O) groups is 2. The highest BCUT2D eigenvalue weighted by atomic mass is 31.2. The monoisotopic (exact) mass is 280 g/mol. The fourth-order valence-electron chi connectivity index (χ4n) is 1.47. The van der Waals surface area contributed by atoms with Gasteiger partial charge in [0.1, 0.15) is 11.6 Å². The first-order chi connectivity index (χ1) is 8.05. The maximum Gasteiger partial charge on any atom is 0.325 e. The molecule has 0 saturated heterocycles. The molecule has 106 valence electrons. The molecule has 18 heavy (non-hydrogen) atoms. The Balaban J connectivity index is 4.71. The van der Waals surface area contributed by atoms with Crippen LogP contribution in [0.2, 0.25) is 0 Å². The van der Waals surface area contributed by atoms with Gasteiger partial charge in [-0.3, -0.25) is 14.2 Å². The third-order valence-corrected chi connectivity index (χ3v) is 4.05. The van der Waals surface area contributed by atoms with Gasteiger partial charge in [0.05, 0.1) is 14.2 Å². The average molecular weight is 280 g/mol. The molecule has 0 radical (unpaired) electrons. The van der Waals surface area contributed by atoms with Crippen molar-refractivity contribution in [3.8, 4) is 0 Å². The number of ether oxygens (including phenoxy) is 2. The van der Waals surface area contributed by atoms with Crippen LogP contribution in [-0.2, 0) is 23.6 Å². The zero-order valence-electron chi connectivity index (χ0n) is 11.6. The van der Waals surface area contributed by atoms with Crippen LogP contribution in [0, 0.1) is 0 Å². The van der Waals surface area contributed by atoms with Crippen LogP contribution in [0.25, 0.3) is 0 Å². The van der Waals surface area contributed by atoms with E-state index in [0.29, 0.717) is 0 Å². The van der Waals surface area contributed by atoms with Gasteiger partial charge in [-0.25, -0.2) is 10.2 Å². The zero-order chi connectivity index (χ0) is 14.6. The molecule has 0 aliphatic rings. The van der Waals surface area contributed by atoms with E-state index in [0.717, 1.165) is 0 Å². The second-order valence-electron chi connectivity index (χ2n) is 4.53. The van der Waals surface area contributed by atoms with Crippen LogP contribution >= 0.6 is 7.44 Å². The van der Waals surface area contributed by atoms with Crippen molar-refractivity contribution < 1.29 is 23.6 Å². The Morgan fingerprint density at radius 3 is 2.11 bits per heavy atom. The van der Waals surface area contributed by atoms with Crippen molar-refractivity contribution in [3.63, 3.8) is 0 Å². The van der Waals surface area contributed by atoms with Gasteiger partial charge in [0.15, 0.2) is 0 Å². The lowest BCUT2D eigenvalue weighted by Gasteiger charge is -2.29. The Hall–Kier alpha value is -0.910. The Morgan fingerprint density at radius 1 is 1.22 bits per heavy atom. The second kappa shape index (κ2) is 6.31. The van der Waals surface area contributed by atoms with Crippen molar-refractivity contribution in [1.29, 1.82) is 0 Å². The van der Waals surface area contributed by atoms with Gasteiger partial charge in [0.2, 0.25) is 7.44 Å². The third-order valence-electron chi connectivity index (χ3n) is 2.18. The molecule has 2 atom stereocenters. The minimum absolute atomic E-state index is 0.533.